The Labute approximate surface area is 192 Å². The lowest BCUT2D eigenvalue weighted by atomic mass is 10.0. The number of rotatable bonds is 5. The molecule has 7 heteroatoms. The van der Waals surface area contributed by atoms with Crippen LogP contribution in [0.25, 0.3) is 10.8 Å². The third-order valence-electron chi connectivity index (χ3n) is 5.23. The highest BCUT2D eigenvalue weighted by Gasteiger charge is 2.15. The fourth-order valence-electron chi connectivity index (χ4n) is 3.67. The number of thiocarbonyl (C=S) groups is 1. The molecule has 4 rings (SSSR count). The topological polar surface area (TPSA) is 51.1 Å². The number of anilines is 2. The van der Waals surface area contributed by atoms with Crippen LogP contribution in [0, 0.1) is 13.8 Å². The van der Waals surface area contributed by atoms with Crippen molar-refractivity contribution in [2.75, 3.05) is 17.7 Å². The summed E-state index contributed by atoms with van der Waals surface area (Å²) in [4.78, 5) is 0. The van der Waals surface area contributed by atoms with Crippen LogP contribution in [0.15, 0.2) is 60.7 Å². The van der Waals surface area contributed by atoms with Crippen molar-refractivity contribution in [2.24, 2.45) is 0 Å². The summed E-state index contributed by atoms with van der Waals surface area (Å²) in [5.41, 5.74) is 4.69. The first-order valence-electron chi connectivity index (χ1n) is 9.88. The van der Waals surface area contributed by atoms with Crippen LogP contribution in [-0.2, 0) is 6.54 Å². The van der Waals surface area contributed by atoms with Gasteiger partial charge in [0.25, 0.3) is 0 Å². The second-order valence-electron chi connectivity index (χ2n) is 7.27. The highest BCUT2D eigenvalue weighted by molar-refractivity contribution is 7.80. The molecule has 4 aromatic rings. The second-order valence-corrected chi connectivity index (χ2v) is 8.11. The molecule has 5 nitrogen and oxygen atoms in total. The van der Waals surface area contributed by atoms with Gasteiger partial charge in [-0.15, -0.1) is 0 Å². The van der Waals surface area contributed by atoms with Gasteiger partial charge >= 0.3 is 0 Å². The number of aryl methyl sites for hydroxylation is 1. The van der Waals surface area contributed by atoms with Gasteiger partial charge in [-0.25, -0.2) is 0 Å². The van der Waals surface area contributed by atoms with Crippen LogP contribution in [0.2, 0.25) is 5.02 Å². The number of aromatic nitrogens is 2. The van der Waals surface area contributed by atoms with Gasteiger partial charge in [-0.1, -0.05) is 54.1 Å². The van der Waals surface area contributed by atoms with Gasteiger partial charge in [-0.05, 0) is 60.6 Å². The van der Waals surface area contributed by atoms with Crippen molar-refractivity contribution >= 4 is 51.1 Å². The summed E-state index contributed by atoms with van der Waals surface area (Å²) in [7, 11) is 1.61. The van der Waals surface area contributed by atoms with E-state index in [9.17, 15) is 0 Å². The molecule has 3 aromatic carbocycles. The first-order chi connectivity index (χ1) is 15.0. The third kappa shape index (κ3) is 4.50. The van der Waals surface area contributed by atoms with Crippen molar-refractivity contribution in [3.05, 3.63) is 82.6 Å². The van der Waals surface area contributed by atoms with Gasteiger partial charge in [0.2, 0.25) is 0 Å². The van der Waals surface area contributed by atoms with E-state index in [4.69, 9.17) is 33.7 Å². The van der Waals surface area contributed by atoms with Gasteiger partial charge < -0.3 is 15.4 Å². The molecule has 0 radical (unpaired) electrons. The standard InChI is InChI=1S/C24H23ClN4OS/c1-15-23(27-24(31)26-21-13-19(25)11-12-22(21)30-3)16(2)29(28-15)14-18-9-6-8-17-7-4-5-10-20(17)18/h4-13H,14H2,1-3H3,(H2,26,27,31). The van der Waals surface area contributed by atoms with Gasteiger partial charge in [0.05, 0.1) is 36.4 Å². The van der Waals surface area contributed by atoms with Gasteiger partial charge in [-0.3, -0.25) is 4.68 Å². The molecular weight excluding hydrogens is 428 g/mol. The molecule has 0 fully saturated rings. The molecule has 0 amide bonds. The van der Waals surface area contributed by atoms with Crippen molar-refractivity contribution in [1.82, 2.24) is 9.78 Å². The summed E-state index contributed by atoms with van der Waals surface area (Å²) in [5, 5.41) is 14.7. The summed E-state index contributed by atoms with van der Waals surface area (Å²) in [6.07, 6.45) is 0. The van der Waals surface area contributed by atoms with Gasteiger partial charge in [0.15, 0.2) is 5.11 Å². The van der Waals surface area contributed by atoms with E-state index in [2.05, 4.69) is 53.1 Å². The van der Waals surface area contributed by atoms with Crippen molar-refractivity contribution in [3.8, 4) is 5.75 Å². The number of nitrogens with one attached hydrogen (secondary N) is 2. The van der Waals surface area contributed by atoms with Gasteiger partial charge in [0.1, 0.15) is 5.75 Å². The van der Waals surface area contributed by atoms with E-state index in [0.717, 1.165) is 17.1 Å². The second kappa shape index (κ2) is 8.96. The number of hydrogen-bond donors (Lipinski definition) is 2. The van der Waals surface area contributed by atoms with Crippen molar-refractivity contribution in [3.63, 3.8) is 0 Å². The Kier molecular flexibility index (Phi) is 6.11. The summed E-state index contributed by atoms with van der Waals surface area (Å²) in [6, 6.07) is 20.1. The molecule has 1 heterocycles. The van der Waals surface area contributed by atoms with E-state index in [0.29, 0.717) is 28.1 Å². The summed E-state index contributed by atoms with van der Waals surface area (Å²) in [5.74, 6) is 0.661. The minimum absolute atomic E-state index is 0.441. The predicted octanol–water partition coefficient (Wildman–Crippen LogP) is 6.17. The van der Waals surface area contributed by atoms with Crippen LogP contribution >= 0.6 is 23.8 Å². The maximum absolute atomic E-state index is 6.12. The predicted molar refractivity (Wildman–Crippen MR) is 133 cm³/mol. The zero-order chi connectivity index (χ0) is 22.0. The molecule has 0 spiro atoms. The Balaban J connectivity index is 1.56. The molecule has 0 saturated heterocycles. The summed E-state index contributed by atoms with van der Waals surface area (Å²) in [6.45, 7) is 4.69. The van der Waals surface area contributed by atoms with Crippen molar-refractivity contribution in [2.45, 2.75) is 20.4 Å². The molecule has 0 bridgehead atoms. The average Bonchev–Trinajstić information content (AvgIpc) is 3.01. The number of benzene rings is 3. The Hall–Kier alpha value is -3.09. The zero-order valence-electron chi connectivity index (χ0n) is 17.6. The maximum Gasteiger partial charge on any atom is 0.175 e. The molecule has 0 saturated carbocycles. The molecule has 0 unspecified atom stereocenters. The van der Waals surface area contributed by atoms with Crippen LogP contribution in [0.5, 0.6) is 5.75 Å². The Bertz CT molecular complexity index is 1260. The van der Waals surface area contributed by atoms with Crippen LogP contribution in [-0.4, -0.2) is 22.0 Å². The number of methoxy groups -OCH3 is 1. The lowest BCUT2D eigenvalue weighted by Gasteiger charge is -2.14. The van der Waals surface area contributed by atoms with E-state index in [1.807, 2.05) is 18.5 Å². The molecule has 0 aliphatic heterocycles. The molecule has 2 N–H and O–H groups in total. The Morgan fingerprint density at radius 1 is 1.06 bits per heavy atom. The molecule has 0 aliphatic carbocycles. The highest BCUT2D eigenvalue weighted by atomic mass is 35.5. The monoisotopic (exact) mass is 450 g/mol. The number of ether oxygens (including phenoxy) is 1. The normalized spacial score (nSPS) is 10.8. The SMILES string of the molecule is COc1ccc(Cl)cc1NC(=S)Nc1c(C)nn(Cc2cccc3ccccc23)c1C. The highest BCUT2D eigenvalue weighted by Crippen LogP contribution is 2.28. The third-order valence-corrected chi connectivity index (χ3v) is 5.67. The molecule has 158 valence electrons. The van der Waals surface area contributed by atoms with E-state index < -0.39 is 0 Å². The van der Waals surface area contributed by atoms with Crippen LogP contribution in [0.1, 0.15) is 17.0 Å². The molecule has 0 atom stereocenters. The zero-order valence-corrected chi connectivity index (χ0v) is 19.1. The lowest BCUT2D eigenvalue weighted by Crippen LogP contribution is -2.20. The first-order valence-corrected chi connectivity index (χ1v) is 10.7. The van der Waals surface area contributed by atoms with E-state index in [1.165, 1.54) is 16.3 Å². The lowest BCUT2D eigenvalue weighted by molar-refractivity contribution is 0.417. The maximum atomic E-state index is 6.12. The van der Waals surface area contributed by atoms with Crippen LogP contribution in [0.3, 0.4) is 0 Å². The van der Waals surface area contributed by atoms with Crippen molar-refractivity contribution < 1.29 is 4.74 Å². The Morgan fingerprint density at radius 3 is 2.65 bits per heavy atom. The Morgan fingerprint density at radius 2 is 1.84 bits per heavy atom. The average molecular weight is 451 g/mol. The van der Waals surface area contributed by atoms with Crippen LogP contribution in [0.4, 0.5) is 11.4 Å². The number of nitrogens with zero attached hydrogens (tertiary/aromatic N) is 2. The molecule has 1 aromatic heterocycles. The molecule has 31 heavy (non-hydrogen) atoms. The minimum atomic E-state index is 0.441. The quantitative estimate of drug-likeness (QED) is 0.356. The van der Waals surface area contributed by atoms with Gasteiger partial charge in [0, 0.05) is 5.02 Å². The van der Waals surface area contributed by atoms with Gasteiger partial charge in [-0.2, -0.15) is 5.10 Å². The largest absolute Gasteiger partial charge is 0.495 e. The minimum Gasteiger partial charge on any atom is -0.495 e. The number of halogens is 1. The van der Waals surface area contributed by atoms with Crippen molar-refractivity contribution in [1.29, 1.82) is 0 Å². The number of fused-ring (bicyclic) bond motifs is 1. The smallest absolute Gasteiger partial charge is 0.175 e. The fraction of sp³-hybridized carbons (Fsp3) is 0.167. The fourth-order valence-corrected chi connectivity index (χ4v) is 4.05. The summed E-state index contributed by atoms with van der Waals surface area (Å²) < 4.78 is 7.38. The summed E-state index contributed by atoms with van der Waals surface area (Å²) >= 11 is 11.6. The first kappa shape index (κ1) is 21.2. The van der Waals surface area contributed by atoms with E-state index >= 15 is 0 Å². The van der Waals surface area contributed by atoms with E-state index in [1.54, 1.807) is 25.3 Å². The number of hydrogen-bond acceptors (Lipinski definition) is 3. The molecule has 0 aliphatic rings. The molecular formula is C24H23ClN4OS. The van der Waals surface area contributed by atoms with E-state index in [-0.39, 0.29) is 0 Å². The van der Waals surface area contributed by atoms with Crippen LogP contribution < -0.4 is 15.4 Å².